The molecule has 88 valence electrons. The second-order valence-electron chi connectivity index (χ2n) is 4.06. The van der Waals surface area contributed by atoms with Gasteiger partial charge in [0.15, 0.2) is 5.13 Å². The zero-order chi connectivity index (χ0) is 11.7. The van der Waals surface area contributed by atoms with E-state index in [1.54, 1.807) is 17.5 Å². The van der Waals surface area contributed by atoms with E-state index in [1.807, 2.05) is 11.4 Å². The number of thiophene rings is 1. The van der Waals surface area contributed by atoms with Gasteiger partial charge in [-0.2, -0.15) is 0 Å². The Morgan fingerprint density at radius 1 is 1.35 bits per heavy atom. The third-order valence-electron chi connectivity index (χ3n) is 2.87. The summed E-state index contributed by atoms with van der Waals surface area (Å²) < 4.78 is 0. The Balaban J connectivity index is 1.79. The number of aromatic nitrogens is 1. The number of hydrogen-bond acceptors (Lipinski definition) is 4. The van der Waals surface area contributed by atoms with Crippen molar-refractivity contribution in [3.8, 4) is 0 Å². The van der Waals surface area contributed by atoms with Crippen molar-refractivity contribution in [3.63, 3.8) is 0 Å². The molecule has 0 saturated heterocycles. The molecule has 2 aromatic rings. The summed E-state index contributed by atoms with van der Waals surface area (Å²) in [6, 6.07) is 2.04. The van der Waals surface area contributed by atoms with E-state index in [1.165, 1.54) is 34.6 Å². The van der Waals surface area contributed by atoms with Gasteiger partial charge in [-0.3, -0.25) is 10.1 Å². The quantitative estimate of drug-likeness (QED) is 0.904. The fraction of sp³-hybridized carbons (Fsp3) is 0.333. The lowest BCUT2D eigenvalue weighted by molar-refractivity contribution is 0.103. The van der Waals surface area contributed by atoms with Gasteiger partial charge < -0.3 is 0 Å². The number of amides is 1. The van der Waals surface area contributed by atoms with Crippen LogP contribution in [0.5, 0.6) is 0 Å². The largest absolute Gasteiger partial charge is 0.297 e. The number of thiazole rings is 1. The Bertz CT molecular complexity index is 507. The molecule has 3 rings (SSSR count). The normalized spacial score (nSPS) is 14.4. The summed E-state index contributed by atoms with van der Waals surface area (Å²) in [6.45, 7) is 0. The molecule has 0 atom stereocenters. The minimum Gasteiger partial charge on any atom is -0.297 e. The maximum Gasteiger partial charge on any atom is 0.267 e. The number of carbonyl (C=O) groups excluding carboxylic acids is 1. The number of carbonyl (C=O) groups is 1. The molecular weight excluding hydrogens is 252 g/mol. The number of nitrogens with zero attached hydrogens (tertiary/aromatic N) is 1. The first-order valence-corrected chi connectivity index (χ1v) is 7.35. The standard InChI is InChI=1S/C12H12N2OS2/c15-11(14-12-13-5-6-16-12)10-7-8-3-1-2-4-9(8)17-10/h5-7H,1-4H2,(H,13,14,15). The molecule has 1 amide bonds. The van der Waals surface area contributed by atoms with Gasteiger partial charge in [0.25, 0.3) is 5.91 Å². The van der Waals surface area contributed by atoms with Crippen LogP contribution in [-0.4, -0.2) is 10.9 Å². The van der Waals surface area contributed by atoms with Gasteiger partial charge in [-0.1, -0.05) is 0 Å². The lowest BCUT2D eigenvalue weighted by atomic mass is 9.99. The Morgan fingerprint density at radius 2 is 2.24 bits per heavy atom. The molecule has 0 spiro atoms. The van der Waals surface area contributed by atoms with Crippen LogP contribution >= 0.6 is 22.7 Å². The lowest BCUT2D eigenvalue weighted by Gasteiger charge is -2.08. The molecule has 1 aliphatic rings. The molecule has 1 N–H and O–H groups in total. The molecule has 17 heavy (non-hydrogen) atoms. The number of anilines is 1. The fourth-order valence-corrected chi connectivity index (χ4v) is 3.72. The van der Waals surface area contributed by atoms with Gasteiger partial charge in [0.2, 0.25) is 0 Å². The topological polar surface area (TPSA) is 42.0 Å². The van der Waals surface area contributed by atoms with Crippen LogP contribution in [0.1, 0.15) is 33.0 Å². The monoisotopic (exact) mass is 264 g/mol. The Kier molecular flexibility index (Phi) is 2.94. The van der Waals surface area contributed by atoms with E-state index in [-0.39, 0.29) is 5.91 Å². The number of rotatable bonds is 2. The third-order valence-corrected chi connectivity index (χ3v) is 4.80. The fourth-order valence-electron chi connectivity index (χ4n) is 2.05. The summed E-state index contributed by atoms with van der Waals surface area (Å²) in [5.41, 5.74) is 1.37. The van der Waals surface area contributed by atoms with Crippen LogP contribution in [0.4, 0.5) is 5.13 Å². The second-order valence-corrected chi connectivity index (χ2v) is 6.09. The zero-order valence-electron chi connectivity index (χ0n) is 9.23. The molecule has 2 aromatic heterocycles. The molecule has 0 saturated carbocycles. The molecule has 2 heterocycles. The van der Waals surface area contributed by atoms with Crippen LogP contribution < -0.4 is 5.32 Å². The first kappa shape index (κ1) is 10.9. The summed E-state index contributed by atoms with van der Waals surface area (Å²) >= 11 is 3.07. The van der Waals surface area contributed by atoms with Gasteiger partial charge in [-0.15, -0.1) is 22.7 Å². The van der Waals surface area contributed by atoms with Gasteiger partial charge >= 0.3 is 0 Å². The Morgan fingerprint density at radius 3 is 3.00 bits per heavy atom. The number of nitrogens with one attached hydrogen (secondary N) is 1. The van der Waals surface area contributed by atoms with Crippen LogP contribution in [0.3, 0.4) is 0 Å². The van der Waals surface area contributed by atoms with E-state index < -0.39 is 0 Å². The van der Waals surface area contributed by atoms with Crippen LogP contribution in [-0.2, 0) is 12.8 Å². The summed E-state index contributed by atoms with van der Waals surface area (Å²) in [7, 11) is 0. The van der Waals surface area contributed by atoms with Crippen molar-refractivity contribution >= 4 is 33.7 Å². The molecular formula is C12H12N2OS2. The van der Waals surface area contributed by atoms with E-state index >= 15 is 0 Å². The van der Waals surface area contributed by atoms with Gasteiger partial charge in [-0.05, 0) is 37.3 Å². The maximum atomic E-state index is 12.0. The highest BCUT2D eigenvalue weighted by atomic mass is 32.1. The highest BCUT2D eigenvalue weighted by molar-refractivity contribution is 7.15. The van der Waals surface area contributed by atoms with E-state index in [4.69, 9.17) is 0 Å². The molecule has 0 unspecified atom stereocenters. The van der Waals surface area contributed by atoms with Gasteiger partial charge in [0.05, 0.1) is 4.88 Å². The minimum atomic E-state index is -0.0284. The third kappa shape index (κ3) is 2.25. The van der Waals surface area contributed by atoms with Gasteiger partial charge in [0, 0.05) is 16.5 Å². The average Bonchev–Trinajstić information content (AvgIpc) is 2.96. The van der Waals surface area contributed by atoms with Gasteiger partial charge in [0.1, 0.15) is 0 Å². The van der Waals surface area contributed by atoms with E-state index in [0.29, 0.717) is 5.13 Å². The SMILES string of the molecule is O=C(Nc1nccs1)c1cc2c(s1)CCCC2. The summed E-state index contributed by atoms with van der Waals surface area (Å²) in [4.78, 5) is 18.3. The first-order valence-electron chi connectivity index (χ1n) is 5.65. The highest BCUT2D eigenvalue weighted by Gasteiger charge is 2.17. The molecule has 5 heteroatoms. The molecule has 3 nitrogen and oxygen atoms in total. The Hall–Kier alpha value is -1.20. The predicted octanol–water partition coefficient (Wildman–Crippen LogP) is 3.34. The second kappa shape index (κ2) is 4.58. The van der Waals surface area contributed by atoms with Crippen LogP contribution in [0.15, 0.2) is 17.6 Å². The number of fused-ring (bicyclic) bond motifs is 1. The smallest absolute Gasteiger partial charge is 0.267 e. The first-order chi connectivity index (χ1) is 8.33. The molecule has 1 aliphatic carbocycles. The molecule has 0 aliphatic heterocycles. The molecule has 0 bridgehead atoms. The maximum absolute atomic E-state index is 12.0. The molecule has 0 aromatic carbocycles. The predicted molar refractivity (Wildman–Crippen MR) is 71.0 cm³/mol. The van der Waals surface area contributed by atoms with Crippen molar-refractivity contribution in [2.75, 3.05) is 5.32 Å². The van der Waals surface area contributed by atoms with E-state index in [2.05, 4.69) is 10.3 Å². The average molecular weight is 264 g/mol. The molecule has 0 fully saturated rings. The van der Waals surface area contributed by atoms with Crippen molar-refractivity contribution in [1.29, 1.82) is 0 Å². The van der Waals surface area contributed by atoms with E-state index in [0.717, 1.165) is 17.7 Å². The molecule has 0 radical (unpaired) electrons. The van der Waals surface area contributed by atoms with Crippen molar-refractivity contribution in [2.24, 2.45) is 0 Å². The van der Waals surface area contributed by atoms with Crippen LogP contribution in [0, 0.1) is 0 Å². The minimum absolute atomic E-state index is 0.0284. The van der Waals surface area contributed by atoms with Crippen LogP contribution in [0.2, 0.25) is 0 Å². The van der Waals surface area contributed by atoms with Crippen molar-refractivity contribution < 1.29 is 4.79 Å². The van der Waals surface area contributed by atoms with E-state index in [9.17, 15) is 4.79 Å². The summed E-state index contributed by atoms with van der Waals surface area (Å²) in [6.07, 6.45) is 6.44. The highest BCUT2D eigenvalue weighted by Crippen LogP contribution is 2.30. The zero-order valence-corrected chi connectivity index (χ0v) is 10.9. The summed E-state index contributed by atoms with van der Waals surface area (Å²) in [5.74, 6) is -0.0284. The van der Waals surface area contributed by atoms with Crippen molar-refractivity contribution in [2.45, 2.75) is 25.7 Å². The van der Waals surface area contributed by atoms with Gasteiger partial charge in [-0.25, -0.2) is 4.98 Å². The summed E-state index contributed by atoms with van der Waals surface area (Å²) in [5, 5.41) is 5.35. The lowest BCUT2D eigenvalue weighted by Crippen LogP contribution is -2.09. The van der Waals surface area contributed by atoms with Crippen molar-refractivity contribution in [1.82, 2.24) is 4.98 Å². The number of hydrogen-bond donors (Lipinski definition) is 1. The van der Waals surface area contributed by atoms with Crippen LogP contribution in [0.25, 0.3) is 0 Å². The Labute approximate surface area is 108 Å². The van der Waals surface area contributed by atoms with Crippen molar-refractivity contribution in [3.05, 3.63) is 33.0 Å². The number of aryl methyl sites for hydroxylation is 2.